The van der Waals surface area contributed by atoms with Gasteiger partial charge in [-0.15, -0.1) is 0 Å². The van der Waals surface area contributed by atoms with Crippen LogP contribution < -0.4 is 0 Å². The van der Waals surface area contributed by atoms with E-state index in [0.29, 0.717) is 17.5 Å². The van der Waals surface area contributed by atoms with Gasteiger partial charge < -0.3 is 9.80 Å². The molecule has 0 bridgehead atoms. The number of nitrogens with zero attached hydrogens (tertiary/aromatic N) is 2. The Morgan fingerprint density at radius 3 is 2.10 bits per heavy atom. The van der Waals surface area contributed by atoms with E-state index >= 15 is 0 Å². The second kappa shape index (κ2) is 6.66. The summed E-state index contributed by atoms with van der Waals surface area (Å²) in [6, 6.07) is 7.07. The Labute approximate surface area is 120 Å². The molecule has 1 aromatic rings. The van der Waals surface area contributed by atoms with Gasteiger partial charge in [0.15, 0.2) is 5.78 Å². The lowest BCUT2D eigenvalue weighted by Crippen LogP contribution is -2.47. The molecule has 4 heteroatoms. The predicted octanol–water partition coefficient (Wildman–Crippen LogP) is 2.06. The Kier molecular flexibility index (Phi) is 4.90. The molecule has 0 N–H and O–H groups in total. The largest absolute Gasteiger partial charge is 0.336 e. The summed E-state index contributed by atoms with van der Waals surface area (Å²) in [7, 11) is 2.07. The first-order valence-electron chi connectivity index (χ1n) is 7.23. The molecule has 1 saturated heterocycles. The molecule has 0 aromatic heterocycles. The summed E-state index contributed by atoms with van der Waals surface area (Å²) in [5.41, 5.74) is 1.37. The maximum atomic E-state index is 12.3. The molecule has 0 saturated carbocycles. The van der Waals surface area contributed by atoms with E-state index in [0.717, 1.165) is 32.6 Å². The number of piperazine rings is 1. The van der Waals surface area contributed by atoms with Crippen molar-refractivity contribution < 1.29 is 9.59 Å². The Hall–Kier alpha value is -1.68. The average Bonchev–Trinajstić information content (AvgIpc) is 2.48. The molecule has 1 aromatic carbocycles. The Morgan fingerprint density at radius 2 is 1.55 bits per heavy atom. The third-order valence-electron chi connectivity index (χ3n) is 3.72. The highest BCUT2D eigenvalue weighted by atomic mass is 16.2. The highest BCUT2D eigenvalue weighted by Crippen LogP contribution is 2.11. The van der Waals surface area contributed by atoms with Crippen molar-refractivity contribution in [2.24, 2.45) is 0 Å². The van der Waals surface area contributed by atoms with Gasteiger partial charge in [-0.25, -0.2) is 0 Å². The summed E-state index contributed by atoms with van der Waals surface area (Å²) in [4.78, 5) is 28.2. The zero-order valence-electron chi connectivity index (χ0n) is 12.3. The fraction of sp³-hybridized carbons (Fsp3) is 0.500. The van der Waals surface area contributed by atoms with Gasteiger partial charge in [0.1, 0.15) is 0 Å². The number of rotatable bonds is 4. The molecule has 1 aliphatic heterocycles. The molecule has 0 atom stereocenters. The second-order valence-corrected chi connectivity index (χ2v) is 5.35. The summed E-state index contributed by atoms with van der Waals surface area (Å²) in [6.07, 6.45) is 1.41. The molecule has 108 valence electrons. The van der Waals surface area contributed by atoms with Crippen LogP contribution in [-0.2, 0) is 0 Å². The van der Waals surface area contributed by atoms with Gasteiger partial charge in [0, 0.05) is 43.7 Å². The van der Waals surface area contributed by atoms with Crippen LogP contribution in [0.25, 0.3) is 0 Å². The fourth-order valence-electron chi connectivity index (χ4n) is 2.36. The van der Waals surface area contributed by atoms with Crippen molar-refractivity contribution in [1.29, 1.82) is 0 Å². The molecule has 1 aliphatic rings. The number of carbonyl (C=O) groups excluding carboxylic acids is 2. The third kappa shape index (κ3) is 3.45. The van der Waals surface area contributed by atoms with Gasteiger partial charge in [0.2, 0.25) is 0 Å². The summed E-state index contributed by atoms with van der Waals surface area (Å²) >= 11 is 0. The minimum Gasteiger partial charge on any atom is -0.336 e. The van der Waals surface area contributed by atoms with Gasteiger partial charge in [-0.2, -0.15) is 0 Å². The molecule has 4 nitrogen and oxygen atoms in total. The molecule has 1 amide bonds. The molecule has 0 unspecified atom stereocenters. The van der Waals surface area contributed by atoms with Gasteiger partial charge in [-0.1, -0.05) is 19.1 Å². The topological polar surface area (TPSA) is 40.6 Å². The van der Waals surface area contributed by atoms with E-state index in [1.807, 2.05) is 11.8 Å². The lowest BCUT2D eigenvalue weighted by atomic mass is 10.0. The van der Waals surface area contributed by atoms with Crippen molar-refractivity contribution in [1.82, 2.24) is 9.80 Å². The van der Waals surface area contributed by atoms with Crippen molar-refractivity contribution in [3.05, 3.63) is 35.4 Å². The van der Waals surface area contributed by atoms with Crippen LogP contribution >= 0.6 is 0 Å². The zero-order chi connectivity index (χ0) is 14.5. The summed E-state index contributed by atoms with van der Waals surface area (Å²) in [6.45, 7) is 5.36. The SMILES string of the molecule is CCCC(=O)c1ccc(C(=O)N2CCN(C)CC2)cc1. The molecule has 0 spiro atoms. The quantitative estimate of drug-likeness (QED) is 0.789. The van der Waals surface area contributed by atoms with Crippen LogP contribution in [0, 0.1) is 0 Å². The van der Waals surface area contributed by atoms with Crippen molar-refractivity contribution in [2.75, 3.05) is 33.2 Å². The van der Waals surface area contributed by atoms with E-state index in [1.165, 1.54) is 0 Å². The molecular weight excluding hydrogens is 252 g/mol. The first-order valence-corrected chi connectivity index (χ1v) is 7.23. The number of carbonyl (C=O) groups is 2. The van der Waals surface area contributed by atoms with E-state index in [4.69, 9.17) is 0 Å². The molecule has 20 heavy (non-hydrogen) atoms. The van der Waals surface area contributed by atoms with E-state index in [1.54, 1.807) is 24.3 Å². The molecule has 0 aliphatic carbocycles. The van der Waals surface area contributed by atoms with Gasteiger partial charge in [-0.3, -0.25) is 9.59 Å². The summed E-state index contributed by atoms with van der Waals surface area (Å²) < 4.78 is 0. The predicted molar refractivity (Wildman–Crippen MR) is 79.1 cm³/mol. The normalized spacial score (nSPS) is 16.2. The number of ketones is 1. The highest BCUT2D eigenvalue weighted by Gasteiger charge is 2.20. The van der Waals surface area contributed by atoms with Crippen molar-refractivity contribution >= 4 is 11.7 Å². The standard InChI is InChI=1S/C16H22N2O2/c1-3-4-15(19)13-5-7-14(8-6-13)16(20)18-11-9-17(2)10-12-18/h5-8H,3-4,9-12H2,1-2H3. The Bertz CT molecular complexity index is 474. The van der Waals surface area contributed by atoms with Crippen LogP contribution in [-0.4, -0.2) is 54.7 Å². The second-order valence-electron chi connectivity index (χ2n) is 5.35. The summed E-state index contributed by atoms with van der Waals surface area (Å²) in [5.74, 6) is 0.207. The number of hydrogen-bond donors (Lipinski definition) is 0. The fourth-order valence-corrected chi connectivity index (χ4v) is 2.36. The molecule has 2 rings (SSSR count). The van der Waals surface area contributed by atoms with Crippen LogP contribution in [0.1, 0.15) is 40.5 Å². The van der Waals surface area contributed by atoms with E-state index in [9.17, 15) is 9.59 Å². The van der Waals surface area contributed by atoms with Gasteiger partial charge in [-0.05, 0) is 25.6 Å². The minimum absolute atomic E-state index is 0.0626. The maximum absolute atomic E-state index is 12.3. The average molecular weight is 274 g/mol. The Morgan fingerprint density at radius 1 is 1.00 bits per heavy atom. The van der Waals surface area contributed by atoms with E-state index in [2.05, 4.69) is 11.9 Å². The highest BCUT2D eigenvalue weighted by molar-refractivity contribution is 5.98. The molecule has 1 heterocycles. The number of hydrogen-bond acceptors (Lipinski definition) is 3. The number of Topliss-reactive ketones (excluding diaryl/α,β-unsaturated/α-hetero) is 1. The third-order valence-corrected chi connectivity index (χ3v) is 3.72. The van der Waals surface area contributed by atoms with Crippen LogP contribution in [0.15, 0.2) is 24.3 Å². The number of benzene rings is 1. The number of amides is 1. The zero-order valence-corrected chi connectivity index (χ0v) is 12.3. The Balaban J connectivity index is 2.02. The minimum atomic E-state index is 0.0626. The maximum Gasteiger partial charge on any atom is 0.253 e. The smallest absolute Gasteiger partial charge is 0.253 e. The van der Waals surface area contributed by atoms with Crippen molar-refractivity contribution in [3.63, 3.8) is 0 Å². The lowest BCUT2D eigenvalue weighted by molar-refractivity contribution is 0.0663. The van der Waals surface area contributed by atoms with Crippen LogP contribution in [0.4, 0.5) is 0 Å². The van der Waals surface area contributed by atoms with Crippen LogP contribution in [0.5, 0.6) is 0 Å². The van der Waals surface area contributed by atoms with E-state index < -0.39 is 0 Å². The van der Waals surface area contributed by atoms with Gasteiger partial charge in [0.25, 0.3) is 5.91 Å². The van der Waals surface area contributed by atoms with E-state index in [-0.39, 0.29) is 11.7 Å². The molecular formula is C16H22N2O2. The first kappa shape index (κ1) is 14.7. The van der Waals surface area contributed by atoms with Gasteiger partial charge in [0.05, 0.1) is 0 Å². The number of likely N-dealkylation sites (N-methyl/N-ethyl adjacent to an activating group) is 1. The van der Waals surface area contributed by atoms with Crippen molar-refractivity contribution in [3.8, 4) is 0 Å². The summed E-state index contributed by atoms with van der Waals surface area (Å²) in [5, 5.41) is 0. The monoisotopic (exact) mass is 274 g/mol. The molecule has 0 radical (unpaired) electrons. The molecule has 1 fully saturated rings. The van der Waals surface area contributed by atoms with Crippen molar-refractivity contribution in [2.45, 2.75) is 19.8 Å². The van der Waals surface area contributed by atoms with Crippen LogP contribution in [0.2, 0.25) is 0 Å². The first-order chi connectivity index (χ1) is 9.61. The van der Waals surface area contributed by atoms with Crippen LogP contribution in [0.3, 0.4) is 0 Å². The lowest BCUT2D eigenvalue weighted by Gasteiger charge is -2.32. The van der Waals surface area contributed by atoms with Gasteiger partial charge >= 0.3 is 0 Å².